The molecule has 0 saturated heterocycles. The van der Waals surface area contributed by atoms with Crippen molar-refractivity contribution in [2.75, 3.05) is 5.75 Å². The van der Waals surface area contributed by atoms with Gasteiger partial charge in [0.1, 0.15) is 6.10 Å². The predicted molar refractivity (Wildman–Crippen MR) is 154 cm³/mol. The summed E-state index contributed by atoms with van der Waals surface area (Å²) in [4.78, 5) is 0.367. The Morgan fingerprint density at radius 3 is 1.64 bits per heavy atom. The molecule has 0 bridgehead atoms. The first kappa shape index (κ1) is 33.3. The second-order valence-electron chi connectivity index (χ2n) is 13.4. The Labute approximate surface area is 223 Å². The molecule has 0 unspecified atom stereocenters. The monoisotopic (exact) mass is 542 g/mol. The molecule has 36 heavy (non-hydrogen) atoms. The fourth-order valence-electron chi connectivity index (χ4n) is 4.18. The summed E-state index contributed by atoms with van der Waals surface area (Å²) in [6.07, 6.45) is -3.01. The normalized spacial score (nSPS) is 16.3. The van der Waals surface area contributed by atoms with Gasteiger partial charge in [-0.05, 0) is 64.9 Å². The number of benzene rings is 1. The van der Waals surface area contributed by atoms with Crippen LogP contribution in [0.15, 0.2) is 17.0 Å². The predicted octanol–water partition coefficient (Wildman–Crippen LogP) is 6.99. The Kier molecular flexibility index (Phi) is 11.5. The zero-order valence-corrected chi connectivity index (χ0v) is 27.0. The molecule has 0 aromatic heterocycles. The van der Waals surface area contributed by atoms with Crippen LogP contribution in [0.2, 0.25) is 18.1 Å². The molecule has 1 aromatic rings. The Hall–Kier alpha value is -0.733. The summed E-state index contributed by atoms with van der Waals surface area (Å²) in [6, 6.07) is 4.06. The van der Waals surface area contributed by atoms with E-state index >= 15 is 0 Å². The van der Waals surface area contributed by atoms with E-state index in [1.54, 1.807) is 0 Å². The third-order valence-electron chi connectivity index (χ3n) is 7.51. The van der Waals surface area contributed by atoms with Gasteiger partial charge in [-0.2, -0.15) is 0 Å². The highest BCUT2D eigenvalue weighted by Gasteiger charge is 2.43. The van der Waals surface area contributed by atoms with E-state index in [0.29, 0.717) is 11.3 Å². The molecule has 1 rings (SSSR count). The zero-order valence-electron chi connectivity index (χ0n) is 25.1. The van der Waals surface area contributed by atoms with Crippen molar-refractivity contribution in [3.8, 4) is 0 Å². The summed E-state index contributed by atoms with van der Waals surface area (Å²) >= 11 is 0. The van der Waals surface area contributed by atoms with Gasteiger partial charge in [0, 0.05) is 0 Å². The molecule has 0 aliphatic heterocycles. The van der Waals surface area contributed by atoms with Crippen LogP contribution in [-0.2, 0) is 14.3 Å². The minimum absolute atomic E-state index is 0.0159. The van der Waals surface area contributed by atoms with Crippen molar-refractivity contribution in [1.29, 1.82) is 0 Å². The summed E-state index contributed by atoms with van der Waals surface area (Å²) in [5.74, 6) is 0.100. The highest BCUT2D eigenvalue weighted by atomic mass is 32.2. The maximum atomic E-state index is 14.2. The SMILES string of the molecule is CC(C)C[C@H](O)[C@H](O)[C@H](CS(=O)(=O)c1c(C(C)C)cc(C(C)C)cc1C(C)C)O[Si](C)(C)C(C)(C)C. The minimum atomic E-state index is -3.85. The van der Waals surface area contributed by atoms with Gasteiger partial charge in [0.2, 0.25) is 0 Å². The van der Waals surface area contributed by atoms with E-state index < -0.39 is 36.5 Å². The number of aliphatic hydroxyl groups is 2. The molecule has 0 radical (unpaired) electrons. The van der Waals surface area contributed by atoms with E-state index in [1.807, 2.05) is 66.8 Å². The van der Waals surface area contributed by atoms with Gasteiger partial charge in [-0.15, -0.1) is 0 Å². The number of rotatable bonds is 12. The van der Waals surface area contributed by atoms with Gasteiger partial charge in [-0.1, -0.05) is 88.3 Å². The standard InChI is InChI=1S/C29H54O5SSi/c1-18(2)14-25(30)27(31)26(34-36(12,13)29(9,10)11)17-35(32,33)28-23(20(5)6)15-22(19(3)4)16-24(28)21(7)8/h15-16,18-21,25-27,30-31H,14,17H2,1-13H3/t25-,26-,27-/m0/s1. The van der Waals surface area contributed by atoms with Gasteiger partial charge >= 0.3 is 0 Å². The summed E-state index contributed by atoms with van der Waals surface area (Å²) in [5, 5.41) is 21.8. The van der Waals surface area contributed by atoms with E-state index in [-0.39, 0.29) is 34.5 Å². The van der Waals surface area contributed by atoms with E-state index in [0.717, 1.165) is 16.7 Å². The molecular formula is C29H54O5SSi. The lowest BCUT2D eigenvalue weighted by atomic mass is 9.89. The van der Waals surface area contributed by atoms with Gasteiger partial charge < -0.3 is 14.6 Å². The van der Waals surface area contributed by atoms with Crippen molar-refractivity contribution >= 4 is 18.2 Å². The lowest BCUT2D eigenvalue weighted by Crippen LogP contribution is -2.52. The van der Waals surface area contributed by atoms with Crippen LogP contribution in [-0.4, -0.2) is 51.0 Å². The van der Waals surface area contributed by atoms with Gasteiger partial charge in [0.15, 0.2) is 18.2 Å². The summed E-state index contributed by atoms with van der Waals surface area (Å²) in [7, 11) is -6.30. The minimum Gasteiger partial charge on any atom is -0.410 e. The maximum Gasteiger partial charge on any atom is 0.192 e. The molecule has 0 heterocycles. The first-order valence-electron chi connectivity index (χ1n) is 13.6. The lowest BCUT2D eigenvalue weighted by molar-refractivity contribution is -0.0523. The van der Waals surface area contributed by atoms with Crippen LogP contribution in [0.5, 0.6) is 0 Å². The molecule has 0 saturated carbocycles. The Morgan fingerprint density at radius 1 is 0.861 bits per heavy atom. The van der Waals surface area contributed by atoms with E-state index in [2.05, 4.69) is 34.6 Å². The molecule has 210 valence electrons. The third-order valence-corrected chi connectivity index (χ3v) is 13.9. The van der Waals surface area contributed by atoms with Crippen LogP contribution in [0, 0.1) is 5.92 Å². The molecule has 0 amide bonds. The van der Waals surface area contributed by atoms with Crippen molar-refractivity contribution in [3.05, 3.63) is 28.8 Å². The second kappa shape index (κ2) is 12.4. The molecule has 5 nitrogen and oxygen atoms in total. The van der Waals surface area contributed by atoms with Gasteiger partial charge in [0.25, 0.3) is 0 Å². The second-order valence-corrected chi connectivity index (χ2v) is 20.1. The van der Waals surface area contributed by atoms with Crippen molar-refractivity contribution < 1.29 is 23.1 Å². The number of aliphatic hydroxyl groups excluding tert-OH is 2. The lowest BCUT2D eigenvalue weighted by Gasteiger charge is -2.41. The Balaban J connectivity index is 3.72. The van der Waals surface area contributed by atoms with Crippen LogP contribution in [0.25, 0.3) is 0 Å². The van der Waals surface area contributed by atoms with Crippen LogP contribution < -0.4 is 0 Å². The zero-order chi connectivity index (χ0) is 28.4. The molecule has 3 atom stereocenters. The number of hydrogen-bond donors (Lipinski definition) is 2. The molecule has 0 spiro atoms. The largest absolute Gasteiger partial charge is 0.410 e. The van der Waals surface area contributed by atoms with E-state index in [4.69, 9.17) is 4.43 Å². The molecule has 0 fully saturated rings. The molecular weight excluding hydrogens is 488 g/mol. The fraction of sp³-hybridized carbons (Fsp3) is 0.793. The van der Waals surface area contributed by atoms with Crippen LogP contribution in [0.3, 0.4) is 0 Å². The number of sulfone groups is 1. The molecule has 0 aliphatic rings. The third kappa shape index (κ3) is 8.39. The van der Waals surface area contributed by atoms with Gasteiger partial charge in [0.05, 0.1) is 22.9 Å². The molecule has 7 heteroatoms. The molecule has 1 aromatic carbocycles. The van der Waals surface area contributed by atoms with E-state index in [1.165, 1.54) is 0 Å². The first-order chi connectivity index (χ1) is 16.1. The summed E-state index contributed by atoms with van der Waals surface area (Å²) in [5.41, 5.74) is 2.75. The van der Waals surface area contributed by atoms with Gasteiger partial charge in [-0.25, -0.2) is 8.42 Å². The van der Waals surface area contributed by atoms with Crippen molar-refractivity contribution in [1.82, 2.24) is 0 Å². The Morgan fingerprint density at radius 2 is 1.31 bits per heavy atom. The van der Waals surface area contributed by atoms with Crippen LogP contribution in [0.1, 0.15) is 117 Å². The summed E-state index contributed by atoms with van der Waals surface area (Å²) < 4.78 is 34.9. The van der Waals surface area contributed by atoms with Crippen LogP contribution >= 0.6 is 0 Å². The first-order valence-corrected chi connectivity index (χ1v) is 18.1. The van der Waals surface area contributed by atoms with Crippen molar-refractivity contribution in [3.63, 3.8) is 0 Å². The molecule has 2 N–H and O–H groups in total. The van der Waals surface area contributed by atoms with Crippen LogP contribution in [0.4, 0.5) is 0 Å². The average molecular weight is 543 g/mol. The quantitative estimate of drug-likeness (QED) is 0.278. The van der Waals surface area contributed by atoms with Crippen molar-refractivity contribution in [2.24, 2.45) is 5.92 Å². The number of hydrogen-bond acceptors (Lipinski definition) is 5. The highest BCUT2D eigenvalue weighted by molar-refractivity contribution is 7.91. The highest BCUT2D eigenvalue weighted by Crippen LogP contribution is 2.40. The Bertz CT molecular complexity index is 929. The van der Waals surface area contributed by atoms with E-state index in [9.17, 15) is 18.6 Å². The maximum absolute atomic E-state index is 14.2. The van der Waals surface area contributed by atoms with Gasteiger partial charge in [-0.3, -0.25) is 0 Å². The summed E-state index contributed by atoms with van der Waals surface area (Å²) in [6.45, 7) is 26.6. The van der Waals surface area contributed by atoms with Crippen molar-refractivity contribution in [2.45, 2.75) is 142 Å². The average Bonchev–Trinajstić information content (AvgIpc) is 2.69. The topological polar surface area (TPSA) is 83.8 Å². The molecule has 0 aliphatic carbocycles. The fourth-order valence-corrected chi connectivity index (χ4v) is 7.80. The smallest absolute Gasteiger partial charge is 0.192 e.